The van der Waals surface area contributed by atoms with Gasteiger partial charge in [0.15, 0.2) is 0 Å². The van der Waals surface area contributed by atoms with Gasteiger partial charge < -0.3 is 5.32 Å². The van der Waals surface area contributed by atoms with Gasteiger partial charge in [-0.25, -0.2) is 12.8 Å². The van der Waals surface area contributed by atoms with Crippen LogP contribution in [0.2, 0.25) is 0 Å². The molecular formula is C13H19FN2O2S. The number of benzene rings is 1. The molecule has 1 atom stereocenters. The van der Waals surface area contributed by atoms with Crippen LogP contribution < -0.4 is 5.32 Å². The summed E-state index contributed by atoms with van der Waals surface area (Å²) in [6, 6.07) is 4.08. The number of rotatable bonds is 4. The zero-order valence-electron chi connectivity index (χ0n) is 11.2. The lowest BCUT2D eigenvalue weighted by Gasteiger charge is -2.17. The molecule has 1 aliphatic rings. The number of aryl methyl sites for hydroxylation is 1. The average molecular weight is 286 g/mol. The van der Waals surface area contributed by atoms with E-state index >= 15 is 0 Å². The minimum absolute atomic E-state index is 0.0423. The minimum Gasteiger partial charge on any atom is -0.319 e. The zero-order valence-corrected chi connectivity index (χ0v) is 12.0. The summed E-state index contributed by atoms with van der Waals surface area (Å²) in [7, 11) is -1.71. The maximum atomic E-state index is 13.5. The summed E-state index contributed by atoms with van der Waals surface area (Å²) in [5, 5.41) is 3.06. The van der Waals surface area contributed by atoms with Gasteiger partial charge in [-0.2, -0.15) is 4.31 Å². The lowest BCUT2D eigenvalue weighted by molar-refractivity contribution is 0.450. The van der Waals surface area contributed by atoms with Gasteiger partial charge >= 0.3 is 0 Å². The summed E-state index contributed by atoms with van der Waals surface area (Å²) >= 11 is 0. The highest BCUT2D eigenvalue weighted by Gasteiger charge is 2.32. The van der Waals surface area contributed by atoms with Gasteiger partial charge in [-0.15, -0.1) is 0 Å². The first-order valence-corrected chi connectivity index (χ1v) is 7.80. The highest BCUT2D eigenvalue weighted by molar-refractivity contribution is 7.89. The summed E-state index contributed by atoms with van der Waals surface area (Å²) in [5.41, 5.74) is 0.452. The van der Waals surface area contributed by atoms with Crippen molar-refractivity contribution in [2.45, 2.75) is 18.2 Å². The van der Waals surface area contributed by atoms with Gasteiger partial charge in [0.1, 0.15) is 5.82 Å². The van der Waals surface area contributed by atoms with Crippen LogP contribution in [0.3, 0.4) is 0 Å². The third kappa shape index (κ3) is 2.96. The van der Waals surface area contributed by atoms with Gasteiger partial charge in [-0.05, 0) is 50.6 Å². The van der Waals surface area contributed by atoms with E-state index in [1.54, 1.807) is 6.92 Å². The summed E-state index contributed by atoms with van der Waals surface area (Å²) in [6.45, 7) is 3.42. The molecule has 6 heteroatoms. The maximum absolute atomic E-state index is 13.5. The van der Waals surface area contributed by atoms with Crippen molar-refractivity contribution in [1.29, 1.82) is 0 Å². The van der Waals surface area contributed by atoms with Crippen LogP contribution in [0.1, 0.15) is 12.0 Å². The van der Waals surface area contributed by atoms with Crippen LogP contribution in [0.5, 0.6) is 0 Å². The van der Waals surface area contributed by atoms with Crippen LogP contribution in [-0.2, 0) is 10.0 Å². The molecule has 1 aromatic carbocycles. The molecule has 0 amide bonds. The summed E-state index contributed by atoms with van der Waals surface area (Å²) in [6.07, 6.45) is 0.842. The second-order valence-corrected chi connectivity index (χ2v) is 6.92. The molecule has 0 bridgehead atoms. The van der Waals surface area contributed by atoms with Crippen LogP contribution in [0.25, 0.3) is 0 Å². The fourth-order valence-electron chi connectivity index (χ4n) is 2.35. The molecular weight excluding hydrogens is 267 g/mol. The Morgan fingerprint density at radius 1 is 1.47 bits per heavy atom. The van der Waals surface area contributed by atoms with Crippen LogP contribution in [0.15, 0.2) is 23.1 Å². The Morgan fingerprint density at radius 2 is 2.21 bits per heavy atom. The molecule has 2 rings (SSSR count). The van der Waals surface area contributed by atoms with E-state index in [0.29, 0.717) is 24.6 Å². The second-order valence-electron chi connectivity index (χ2n) is 4.99. The topological polar surface area (TPSA) is 49.4 Å². The normalized spacial score (nSPS) is 20.9. The SMILES string of the molecule is CNC[C@H]1CCN(S(=O)(=O)c2ccc(C)c(F)c2)C1. The lowest BCUT2D eigenvalue weighted by Crippen LogP contribution is -2.30. The molecule has 1 N–H and O–H groups in total. The van der Waals surface area contributed by atoms with Crippen molar-refractivity contribution < 1.29 is 12.8 Å². The molecule has 1 heterocycles. The molecule has 4 nitrogen and oxygen atoms in total. The van der Waals surface area contributed by atoms with Crippen molar-refractivity contribution in [3.05, 3.63) is 29.6 Å². The molecule has 0 aromatic heterocycles. The molecule has 0 radical (unpaired) electrons. The first kappa shape index (κ1) is 14.4. The molecule has 0 spiro atoms. The Bertz CT molecular complexity index is 560. The van der Waals surface area contributed by atoms with E-state index in [1.165, 1.54) is 16.4 Å². The third-order valence-electron chi connectivity index (χ3n) is 3.52. The molecule has 1 aliphatic heterocycles. The molecule has 19 heavy (non-hydrogen) atoms. The third-order valence-corrected chi connectivity index (χ3v) is 5.38. The Balaban J connectivity index is 2.21. The van der Waals surface area contributed by atoms with E-state index in [9.17, 15) is 12.8 Å². The van der Waals surface area contributed by atoms with Gasteiger partial charge in [-0.3, -0.25) is 0 Å². The predicted molar refractivity (Wildman–Crippen MR) is 71.9 cm³/mol. The summed E-state index contributed by atoms with van der Waals surface area (Å²) in [4.78, 5) is 0.0423. The van der Waals surface area contributed by atoms with Gasteiger partial charge in [0, 0.05) is 13.1 Å². The van der Waals surface area contributed by atoms with Crippen molar-refractivity contribution >= 4 is 10.0 Å². The number of hydrogen-bond acceptors (Lipinski definition) is 3. The first-order valence-electron chi connectivity index (χ1n) is 6.36. The number of hydrogen-bond donors (Lipinski definition) is 1. The number of nitrogens with one attached hydrogen (secondary N) is 1. The monoisotopic (exact) mass is 286 g/mol. The molecule has 0 unspecified atom stereocenters. The molecule has 0 aliphatic carbocycles. The first-order chi connectivity index (χ1) is 8.95. The van der Waals surface area contributed by atoms with Crippen molar-refractivity contribution in [2.75, 3.05) is 26.7 Å². The summed E-state index contributed by atoms with van der Waals surface area (Å²) < 4.78 is 39.7. The largest absolute Gasteiger partial charge is 0.319 e. The van der Waals surface area contributed by atoms with E-state index in [2.05, 4.69) is 5.32 Å². The van der Waals surface area contributed by atoms with E-state index in [0.717, 1.165) is 19.0 Å². The fraction of sp³-hybridized carbons (Fsp3) is 0.538. The van der Waals surface area contributed by atoms with Gasteiger partial charge in [0.25, 0.3) is 0 Å². The highest BCUT2D eigenvalue weighted by Crippen LogP contribution is 2.25. The van der Waals surface area contributed by atoms with Crippen LogP contribution in [0, 0.1) is 18.7 Å². The molecule has 1 saturated heterocycles. The quantitative estimate of drug-likeness (QED) is 0.909. The number of sulfonamides is 1. The van der Waals surface area contributed by atoms with Crippen molar-refractivity contribution in [2.24, 2.45) is 5.92 Å². The minimum atomic E-state index is -3.56. The van der Waals surface area contributed by atoms with E-state index in [1.807, 2.05) is 7.05 Å². The van der Waals surface area contributed by atoms with Gasteiger partial charge in [0.05, 0.1) is 4.90 Å². The van der Waals surface area contributed by atoms with E-state index in [-0.39, 0.29) is 4.90 Å². The molecule has 1 aromatic rings. The molecule has 0 saturated carbocycles. The average Bonchev–Trinajstić information content (AvgIpc) is 2.82. The summed E-state index contributed by atoms with van der Waals surface area (Å²) in [5.74, 6) is -0.151. The Labute approximate surface area is 113 Å². The van der Waals surface area contributed by atoms with E-state index in [4.69, 9.17) is 0 Å². The van der Waals surface area contributed by atoms with Gasteiger partial charge in [-0.1, -0.05) is 6.07 Å². The number of nitrogens with zero attached hydrogens (tertiary/aromatic N) is 1. The van der Waals surface area contributed by atoms with Crippen molar-refractivity contribution in [3.8, 4) is 0 Å². The van der Waals surface area contributed by atoms with E-state index < -0.39 is 15.8 Å². The van der Waals surface area contributed by atoms with Crippen LogP contribution in [-0.4, -0.2) is 39.4 Å². The molecule has 106 valence electrons. The Kier molecular flexibility index (Phi) is 4.23. The van der Waals surface area contributed by atoms with Gasteiger partial charge in [0.2, 0.25) is 10.0 Å². The van der Waals surface area contributed by atoms with Crippen molar-refractivity contribution in [1.82, 2.24) is 9.62 Å². The van der Waals surface area contributed by atoms with Crippen LogP contribution in [0.4, 0.5) is 4.39 Å². The Hall–Kier alpha value is -0.980. The fourth-order valence-corrected chi connectivity index (χ4v) is 3.90. The van der Waals surface area contributed by atoms with Crippen LogP contribution >= 0.6 is 0 Å². The standard InChI is InChI=1S/C13H19FN2O2S/c1-10-3-4-12(7-13(10)14)19(17,18)16-6-5-11(9-16)8-15-2/h3-4,7,11,15H,5-6,8-9H2,1-2H3/t11-/m1/s1. The predicted octanol–water partition coefficient (Wildman–Crippen LogP) is 1.36. The molecule has 1 fully saturated rings. The lowest BCUT2D eigenvalue weighted by atomic mass is 10.1. The number of halogens is 1. The maximum Gasteiger partial charge on any atom is 0.243 e. The zero-order chi connectivity index (χ0) is 14.0. The smallest absolute Gasteiger partial charge is 0.243 e. The van der Waals surface area contributed by atoms with Crippen molar-refractivity contribution in [3.63, 3.8) is 0 Å². The highest BCUT2D eigenvalue weighted by atomic mass is 32.2. The second kappa shape index (κ2) is 5.56. The Morgan fingerprint density at radius 3 is 2.84 bits per heavy atom.